The van der Waals surface area contributed by atoms with Crippen LogP contribution in [-0.4, -0.2) is 41.0 Å². The summed E-state index contributed by atoms with van der Waals surface area (Å²) >= 11 is 0. The van der Waals surface area contributed by atoms with E-state index >= 15 is 0 Å². The van der Waals surface area contributed by atoms with Crippen molar-refractivity contribution < 1.29 is 19.1 Å². The molecular formula is C26H33N3O4. The Morgan fingerprint density at radius 2 is 1.76 bits per heavy atom. The molecule has 1 heterocycles. The van der Waals surface area contributed by atoms with Crippen LogP contribution in [0.25, 0.3) is 0 Å². The summed E-state index contributed by atoms with van der Waals surface area (Å²) in [5, 5.41) is 5.61. The molecule has 0 saturated carbocycles. The van der Waals surface area contributed by atoms with Crippen LogP contribution >= 0.6 is 0 Å². The van der Waals surface area contributed by atoms with Crippen LogP contribution in [-0.2, 0) is 27.3 Å². The Bertz CT molecular complexity index is 969. The van der Waals surface area contributed by atoms with Gasteiger partial charge in [0, 0.05) is 31.6 Å². The van der Waals surface area contributed by atoms with Gasteiger partial charge in [0.25, 0.3) is 0 Å². The van der Waals surface area contributed by atoms with Gasteiger partial charge in [0.2, 0.25) is 11.8 Å². The number of carbonyl (C=O) groups is 3. The number of hydrogen-bond donors (Lipinski definition) is 2. The molecule has 1 atom stereocenters. The van der Waals surface area contributed by atoms with Crippen LogP contribution in [0.2, 0.25) is 0 Å². The topological polar surface area (TPSA) is 87.7 Å². The lowest BCUT2D eigenvalue weighted by Gasteiger charge is -2.27. The summed E-state index contributed by atoms with van der Waals surface area (Å²) in [4.78, 5) is 39.5. The maximum Gasteiger partial charge on any atom is 0.408 e. The summed E-state index contributed by atoms with van der Waals surface area (Å²) in [5.74, 6) is -0.170. The molecule has 1 unspecified atom stereocenters. The van der Waals surface area contributed by atoms with Gasteiger partial charge in [-0.25, -0.2) is 4.79 Å². The van der Waals surface area contributed by atoms with Gasteiger partial charge >= 0.3 is 6.09 Å². The lowest BCUT2D eigenvalue weighted by molar-refractivity contribution is -0.133. The van der Waals surface area contributed by atoms with Crippen molar-refractivity contribution in [3.63, 3.8) is 0 Å². The van der Waals surface area contributed by atoms with E-state index in [1.807, 2.05) is 53.4 Å². The monoisotopic (exact) mass is 451 g/mol. The van der Waals surface area contributed by atoms with Gasteiger partial charge in [-0.2, -0.15) is 0 Å². The fourth-order valence-electron chi connectivity index (χ4n) is 3.74. The molecule has 0 radical (unpaired) electrons. The Kier molecular flexibility index (Phi) is 8.09. The number of nitrogens with one attached hydrogen (secondary N) is 2. The first kappa shape index (κ1) is 24.3. The fourth-order valence-corrected chi connectivity index (χ4v) is 3.74. The van der Waals surface area contributed by atoms with E-state index in [-0.39, 0.29) is 11.8 Å². The third-order valence-corrected chi connectivity index (χ3v) is 5.28. The third kappa shape index (κ3) is 7.93. The summed E-state index contributed by atoms with van der Waals surface area (Å²) in [6, 6.07) is 16.2. The minimum absolute atomic E-state index is 0.167. The van der Waals surface area contributed by atoms with Crippen LogP contribution in [0.15, 0.2) is 54.6 Å². The highest BCUT2D eigenvalue weighted by Gasteiger charge is 2.25. The predicted molar refractivity (Wildman–Crippen MR) is 128 cm³/mol. The van der Waals surface area contributed by atoms with Crippen molar-refractivity contribution in [2.75, 3.05) is 11.9 Å². The molecule has 3 amide bonds. The summed E-state index contributed by atoms with van der Waals surface area (Å²) < 4.78 is 5.35. The van der Waals surface area contributed by atoms with Crippen LogP contribution in [0, 0.1) is 0 Å². The third-order valence-electron chi connectivity index (χ3n) is 5.28. The van der Waals surface area contributed by atoms with E-state index in [0.29, 0.717) is 25.1 Å². The molecule has 1 fully saturated rings. The van der Waals surface area contributed by atoms with Crippen LogP contribution in [0.1, 0.15) is 51.2 Å². The Morgan fingerprint density at radius 3 is 2.45 bits per heavy atom. The number of nitrogens with zero attached hydrogens (tertiary/aromatic N) is 1. The maximum absolute atomic E-state index is 13.1. The summed E-state index contributed by atoms with van der Waals surface area (Å²) in [5.41, 5.74) is 1.82. The second-order valence-corrected chi connectivity index (χ2v) is 9.35. The smallest absolute Gasteiger partial charge is 0.408 e. The van der Waals surface area contributed by atoms with Gasteiger partial charge in [-0.3, -0.25) is 9.59 Å². The Labute approximate surface area is 195 Å². The minimum Gasteiger partial charge on any atom is -0.444 e. The Morgan fingerprint density at radius 1 is 1.03 bits per heavy atom. The second-order valence-electron chi connectivity index (χ2n) is 9.35. The molecule has 176 valence electrons. The Balaban J connectivity index is 1.70. The van der Waals surface area contributed by atoms with E-state index in [1.54, 1.807) is 26.8 Å². The van der Waals surface area contributed by atoms with Crippen molar-refractivity contribution >= 4 is 23.6 Å². The average Bonchev–Trinajstić information content (AvgIpc) is 2.74. The maximum atomic E-state index is 13.1. The summed E-state index contributed by atoms with van der Waals surface area (Å²) in [7, 11) is 0. The van der Waals surface area contributed by atoms with Gasteiger partial charge in [0.1, 0.15) is 11.6 Å². The van der Waals surface area contributed by atoms with E-state index in [0.717, 1.165) is 30.5 Å². The first-order valence-electron chi connectivity index (χ1n) is 11.4. The van der Waals surface area contributed by atoms with Gasteiger partial charge in [-0.05, 0) is 56.9 Å². The van der Waals surface area contributed by atoms with Crippen molar-refractivity contribution in [3.05, 3.63) is 65.7 Å². The highest BCUT2D eigenvalue weighted by molar-refractivity contribution is 5.96. The van der Waals surface area contributed by atoms with Gasteiger partial charge in [-0.15, -0.1) is 0 Å². The zero-order chi connectivity index (χ0) is 23.8. The highest BCUT2D eigenvalue weighted by atomic mass is 16.6. The normalized spacial score (nSPS) is 15.0. The van der Waals surface area contributed by atoms with Gasteiger partial charge < -0.3 is 20.3 Å². The molecule has 0 spiro atoms. The molecule has 1 saturated heterocycles. The highest BCUT2D eigenvalue weighted by Crippen LogP contribution is 2.18. The molecule has 1 aliphatic heterocycles. The summed E-state index contributed by atoms with van der Waals surface area (Å²) in [6.45, 7) is 6.60. The van der Waals surface area contributed by atoms with E-state index in [4.69, 9.17) is 4.74 Å². The largest absolute Gasteiger partial charge is 0.444 e. The molecule has 7 heteroatoms. The van der Waals surface area contributed by atoms with Crippen LogP contribution < -0.4 is 10.6 Å². The molecule has 1 aliphatic rings. The van der Waals surface area contributed by atoms with Crippen LogP contribution in [0.4, 0.5) is 10.5 Å². The van der Waals surface area contributed by atoms with Crippen molar-refractivity contribution in [1.29, 1.82) is 0 Å². The number of carbonyl (C=O) groups excluding carboxylic acids is 3. The number of ether oxygens (including phenoxy) is 1. The van der Waals surface area contributed by atoms with E-state index in [2.05, 4.69) is 10.6 Å². The number of hydrogen-bond acceptors (Lipinski definition) is 4. The molecule has 3 rings (SSSR count). The van der Waals surface area contributed by atoms with Gasteiger partial charge in [0.05, 0.1) is 0 Å². The molecule has 33 heavy (non-hydrogen) atoms. The average molecular weight is 452 g/mol. The van der Waals surface area contributed by atoms with Crippen LogP contribution in [0.5, 0.6) is 0 Å². The number of rotatable bonds is 7. The van der Waals surface area contributed by atoms with E-state index < -0.39 is 17.7 Å². The second kappa shape index (κ2) is 11.0. The van der Waals surface area contributed by atoms with Gasteiger partial charge in [0.15, 0.2) is 0 Å². The lowest BCUT2D eigenvalue weighted by atomic mass is 10.0. The standard InChI is InChI=1S/C26H33N3O4/c1-26(2,3)33-25(32)28-22(17-19-10-5-4-6-11-19)24(31)27-21-13-9-12-20(16-21)18-29-15-8-7-14-23(29)30/h4-6,9-13,16,22H,7-8,14-15,17-18H2,1-3H3,(H,27,31)(H,28,32). The molecule has 2 aromatic carbocycles. The Hall–Kier alpha value is -3.35. The first-order chi connectivity index (χ1) is 15.7. The number of likely N-dealkylation sites (tertiary alicyclic amines) is 1. The van der Waals surface area contributed by atoms with Crippen molar-refractivity contribution in [3.8, 4) is 0 Å². The van der Waals surface area contributed by atoms with Gasteiger partial charge in [-0.1, -0.05) is 42.5 Å². The number of benzene rings is 2. The van der Waals surface area contributed by atoms with Crippen molar-refractivity contribution in [2.45, 2.75) is 64.6 Å². The van der Waals surface area contributed by atoms with Crippen LogP contribution in [0.3, 0.4) is 0 Å². The first-order valence-corrected chi connectivity index (χ1v) is 11.4. The number of anilines is 1. The fraction of sp³-hybridized carbons (Fsp3) is 0.423. The zero-order valence-corrected chi connectivity index (χ0v) is 19.6. The number of piperidine rings is 1. The number of amides is 3. The zero-order valence-electron chi connectivity index (χ0n) is 19.6. The molecule has 2 aromatic rings. The van der Waals surface area contributed by atoms with E-state index in [1.165, 1.54) is 0 Å². The summed E-state index contributed by atoms with van der Waals surface area (Å²) in [6.07, 6.45) is 2.23. The molecule has 7 nitrogen and oxygen atoms in total. The number of alkyl carbamates (subject to hydrolysis) is 1. The molecule has 0 bridgehead atoms. The van der Waals surface area contributed by atoms with Crippen molar-refractivity contribution in [1.82, 2.24) is 10.2 Å². The minimum atomic E-state index is -0.811. The predicted octanol–water partition coefficient (Wildman–Crippen LogP) is 4.27. The lowest BCUT2D eigenvalue weighted by Crippen LogP contribution is -2.47. The van der Waals surface area contributed by atoms with Crippen molar-refractivity contribution in [2.24, 2.45) is 0 Å². The quantitative estimate of drug-likeness (QED) is 0.658. The molecule has 0 aliphatic carbocycles. The SMILES string of the molecule is CC(C)(C)OC(=O)NC(Cc1ccccc1)C(=O)Nc1cccc(CN2CCCCC2=O)c1. The molecule has 2 N–H and O–H groups in total. The van der Waals surface area contributed by atoms with E-state index in [9.17, 15) is 14.4 Å². The molecular weight excluding hydrogens is 418 g/mol. The molecule has 0 aromatic heterocycles.